The van der Waals surface area contributed by atoms with E-state index < -0.39 is 35.6 Å². The summed E-state index contributed by atoms with van der Waals surface area (Å²) in [5, 5.41) is 8.19. The number of amides is 3. The SMILES string of the molecule is C=C/C=C(\C=C)CC(NC(=O)C(CC1CC1)NC(=O)c1cccc(OC)c1)C(=O)C(=O)NC1CC1. The summed E-state index contributed by atoms with van der Waals surface area (Å²) in [4.78, 5) is 51.6. The average molecular weight is 480 g/mol. The molecule has 1 aromatic rings. The van der Waals surface area contributed by atoms with Crippen molar-refractivity contribution in [2.45, 2.75) is 56.7 Å². The van der Waals surface area contributed by atoms with Crippen LogP contribution in [0.1, 0.15) is 48.9 Å². The molecule has 0 aliphatic heterocycles. The maximum Gasteiger partial charge on any atom is 0.289 e. The molecule has 1 aromatic carbocycles. The first-order chi connectivity index (χ1) is 16.8. The lowest BCUT2D eigenvalue weighted by atomic mass is 10.00. The number of ketones is 1. The van der Waals surface area contributed by atoms with Crippen molar-refractivity contribution in [3.63, 3.8) is 0 Å². The number of nitrogens with one attached hydrogen (secondary N) is 3. The van der Waals surface area contributed by atoms with Crippen molar-refractivity contribution in [1.29, 1.82) is 0 Å². The molecule has 2 atom stereocenters. The van der Waals surface area contributed by atoms with Gasteiger partial charge in [0.25, 0.3) is 11.8 Å². The van der Waals surface area contributed by atoms with Crippen molar-refractivity contribution < 1.29 is 23.9 Å². The zero-order valence-corrected chi connectivity index (χ0v) is 20.0. The maximum absolute atomic E-state index is 13.3. The monoisotopic (exact) mass is 479 g/mol. The van der Waals surface area contributed by atoms with Gasteiger partial charge in [-0.3, -0.25) is 19.2 Å². The average Bonchev–Trinajstić information content (AvgIpc) is 3.79. The second kappa shape index (κ2) is 12.1. The van der Waals surface area contributed by atoms with Gasteiger partial charge in [-0.05, 0) is 49.0 Å². The van der Waals surface area contributed by atoms with E-state index in [2.05, 4.69) is 29.1 Å². The summed E-state index contributed by atoms with van der Waals surface area (Å²) in [6.07, 6.45) is 8.94. The molecule has 0 aromatic heterocycles. The van der Waals surface area contributed by atoms with Gasteiger partial charge in [0.05, 0.1) is 7.11 Å². The molecule has 2 aliphatic carbocycles. The van der Waals surface area contributed by atoms with Crippen molar-refractivity contribution in [3.8, 4) is 5.75 Å². The predicted molar refractivity (Wildman–Crippen MR) is 133 cm³/mol. The number of Topliss-reactive ketones (excluding diaryl/α,β-unsaturated/α-hetero) is 1. The second-order valence-corrected chi connectivity index (χ2v) is 9.00. The van der Waals surface area contributed by atoms with Gasteiger partial charge in [-0.25, -0.2) is 0 Å². The molecule has 2 unspecified atom stereocenters. The van der Waals surface area contributed by atoms with Crippen LogP contribution in [0, 0.1) is 5.92 Å². The van der Waals surface area contributed by atoms with Crippen LogP contribution in [0.2, 0.25) is 0 Å². The Balaban J connectivity index is 1.75. The highest BCUT2D eigenvalue weighted by Crippen LogP contribution is 2.33. The molecule has 3 N–H and O–H groups in total. The lowest BCUT2D eigenvalue weighted by molar-refractivity contribution is -0.140. The first-order valence-electron chi connectivity index (χ1n) is 11.9. The van der Waals surface area contributed by atoms with Crippen LogP contribution in [0.3, 0.4) is 0 Å². The molecule has 8 nitrogen and oxygen atoms in total. The van der Waals surface area contributed by atoms with Gasteiger partial charge in [0.1, 0.15) is 17.8 Å². The Morgan fingerprint density at radius 3 is 2.43 bits per heavy atom. The van der Waals surface area contributed by atoms with Crippen molar-refractivity contribution in [3.05, 3.63) is 66.8 Å². The van der Waals surface area contributed by atoms with Crippen LogP contribution < -0.4 is 20.7 Å². The number of benzene rings is 1. The highest BCUT2D eigenvalue weighted by Gasteiger charge is 2.35. The predicted octanol–water partition coefficient (Wildman–Crippen LogP) is 2.61. The third-order valence-electron chi connectivity index (χ3n) is 6.02. The van der Waals surface area contributed by atoms with Crippen LogP contribution in [-0.2, 0) is 14.4 Å². The highest BCUT2D eigenvalue weighted by molar-refractivity contribution is 6.38. The van der Waals surface area contributed by atoms with Gasteiger partial charge in [-0.2, -0.15) is 0 Å². The van der Waals surface area contributed by atoms with Crippen molar-refractivity contribution in [2.24, 2.45) is 5.92 Å². The number of methoxy groups -OCH3 is 1. The summed E-state index contributed by atoms with van der Waals surface area (Å²) in [7, 11) is 1.51. The normalized spacial score (nSPS) is 16.9. The van der Waals surface area contributed by atoms with Crippen LogP contribution in [0.5, 0.6) is 5.75 Å². The number of allylic oxidation sites excluding steroid dienone is 3. The number of carbonyl (C=O) groups is 4. The molecule has 0 spiro atoms. The molecular formula is C27H33N3O5. The van der Waals surface area contributed by atoms with E-state index in [1.54, 1.807) is 42.5 Å². The van der Waals surface area contributed by atoms with E-state index in [1.807, 2.05) is 0 Å². The van der Waals surface area contributed by atoms with Gasteiger partial charge in [0, 0.05) is 18.0 Å². The molecule has 2 saturated carbocycles. The van der Waals surface area contributed by atoms with Crippen LogP contribution in [0.25, 0.3) is 0 Å². The van der Waals surface area contributed by atoms with E-state index in [0.29, 0.717) is 29.2 Å². The first kappa shape index (κ1) is 25.9. The zero-order chi connectivity index (χ0) is 25.4. The van der Waals surface area contributed by atoms with Crippen LogP contribution >= 0.6 is 0 Å². The van der Waals surface area contributed by atoms with Gasteiger partial charge in [-0.1, -0.05) is 50.3 Å². The molecule has 3 amide bonds. The van der Waals surface area contributed by atoms with Crippen LogP contribution in [0.15, 0.2) is 61.2 Å². The zero-order valence-electron chi connectivity index (χ0n) is 20.0. The molecule has 2 aliphatic rings. The molecule has 0 bridgehead atoms. The number of carbonyl (C=O) groups excluding carboxylic acids is 4. The molecule has 35 heavy (non-hydrogen) atoms. The fraction of sp³-hybridized carbons (Fsp3) is 0.407. The fourth-order valence-electron chi connectivity index (χ4n) is 3.65. The molecular weight excluding hydrogens is 446 g/mol. The Bertz CT molecular complexity index is 1020. The third kappa shape index (κ3) is 7.95. The summed E-state index contributed by atoms with van der Waals surface area (Å²) in [6, 6.07) is 4.71. The lowest BCUT2D eigenvalue weighted by Crippen LogP contribution is -2.54. The molecule has 3 rings (SSSR count). The highest BCUT2D eigenvalue weighted by atomic mass is 16.5. The fourth-order valence-corrected chi connectivity index (χ4v) is 3.65. The van der Waals surface area contributed by atoms with Crippen molar-refractivity contribution in [2.75, 3.05) is 7.11 Å². The van der Waals surface area contributed by atoms with E-state index in [1.165, 1.54) is 7.11 Å². The standard InChI is InChI=1S/C27H33N3O5/c1-4-7-17(5-2)14-22(24(31)27(34)28-20-12-13-20)29-26(33)23(15-18-10-11-18)30-25(32)19-8-6-9-21(16-19)35-3/h4-9,16,18,20,22-23H,1-2,10-15H2,3H3,(H,28,34)(H,29,33)(H,30,32)/b17-7+. The van der Waals surface area contributed by atoms with Crippen LogP contribution in [-0.4, -0.2) is 48.7 Å². The summed E-state index contributed by atoms with van der Waals surface area (Å²) in [6.45, 7) is 7.39. The topological polar surface area (TPSA) is 114 Å². The Labute approximate surface area is 205 Å². The molecule has 0 heterocycles. The van der Waals surface area contributed by atoms with Crippen molar-refractivity contribution in [1.82, 2.24) is 16.0 Å². The first-order valence-corrected chi connectivity index (χ1v) is 11.9. The summed E-state index contributed by atoms with van der Waals surface area (Å²) in [5.74, 6) is -1.53. The Morgan fingerprint density at radius 1 is 1.09 bits per heavy atom. The number of hydrogen-bond acceptors (Lipinski definition) is 5. The van der Waals surface area contributed by atoms with Gasteiger partial charge in [0.2, 0.25) is 11.7 Å². The maximum atomic E-state index is 13.3. The lowest BCUT2D eigenvalue weighted by Gasteiger charge is -2.23. The molecule has 2 fully saturated rings. The van der Waals surface area contributed by atoms with Gasteiger partial charge >= 0.3 is 0 Å². The van der Waals surface area contributed by atoms with E-state index >= 15 is 0 Å². The Morgan fingerprint density at radius 2 is 1.83 bits per heavy atom. The van der Waals surface area contributed by atoms with E-state index in [9.17, 15) is 19.2 Å². The Kier molecular flexibility index (Phi) is 9.00. The Hall–Kier alpha value is -3.68. The van der Waals surface area contributed by atoms with E-state index in [-0.39, 0.29) is 12.5 Å². The minimum atomic E-state index is -1.10. The van der Waals surface area contributed by atoms with Gasteiger partial charge in [0.15, 0.2) is 0 Å². The van der Waals surface area contributed by atoms with Gasteiger partial charge in [-0.15, -0.1) is 0 Å². The summed E-state index contributed by atoms with van der Waals surface area (Å²) >= 11 is 0. The molecule has 8 heteroatoms. The molecule has 0 saturated heterocycles. The minimum Gasteiger partial charge on any atom is -0.497 e. The number of rotatable bonds is 14. The largest absolute Gasteiger partial charge is 0.497 e. The molecule has 0 radical (unpaired) electrons. The quantitative estimate of drug-likeness (QED) is 0.280. The second-order valence-electron chi connectivity index (χ2n) is 9.00. The summed E-state index contributed by atoms with van der Waals surface area (Å²) < 4.78 is 5.18. The van der Waals surface area contributed by atoms with Crippen LogP contribution in [0.4, 0.5) is 0 Å². The molecule has 186 valence electrons. The third-order valence-corrected chi connectivity index (χ3v) is 6.02. The van der Waals surface area contributed by atoms with Gasteiger partial charge < -0.3 is 20.7 Å². The minimum absolute atomic E-state index is 0.00941. The number of hydrogen-bond donors (Lipinski definition) is 3. The number of ether oxygens (including phenoxy) is 1. The smallest absolute Gasteiger partial charge is 0.289 e. The van der Waals surface area contributed by atoms with E-state index in [4.69, 9.17) is 4.74 Å². The van der Waals surface area contributed by atoms with Crippen molar-refractivity contribution >= 4 is 23.5 Å². The summed E-state index contributed by atoms with van der Waals surface area (Å²) in [5.41, 5.74) is 1.01. The van der Waals surface area contributed by atoms with E-state index in [0.717, 1.165) is 25.7 Å².